The van der Waals surface area contributed by atoms with Gasteiger partial charge in [-0.15, -0.1) is 11.3 Å². The van der Waals surface area contributed by atoms with Crippen LogP contribution in [0.25, 0.3) is 0 Å². The molecule has 9 heteroatoms. The molecule has 0 amide bonds. The van der Waals surface area contributed by atoms with Crippen LogP contribution in [0.3, 0.4) is 0 Å². The van der Waals surface area contributed by atoms with E-state index in [1.807, 2.05) is 0 Å². The van der Waals surface area contributed by atoms with Gasteiger partial charge in [0.05, 0.1) is 6.61 Å². The fraction of sp³-hybridized carbons (Fsp3) is 0.385. The molecule has 1 aliphatic heterocycles. The fourth-order valence-corrected chi connectivity index (χ4v) is 4.87. The Kier molecular flexibility index (Phi) is 4.13. The van der Waals surface area contributed by atoms with Crippen LogP contribution in [-0.4, -0.2) is 42.4 Å². The highest BCUT2D eigenvalue weighted by Crippen LogP contribution is 2.26. The zero-order valence-corrected chi connectivity index (χ0v) is 13.5. The van der Waals surface area contributed by atoms with Crippen LogP contribution in [0.1, 0.15) is 17.6 Å². The van der Waals surface area contributed by atoms with E-state index >= 15 is 0 Å². The number of hydrogen-bond donors (Lipinski definition) is 1. The lowest BCUT2D eigenvalue weighted by Crippen LogP contribution is -2.42. The smallest absolute Gasteiger partial charge is 0.252 e. The maximum atomic E-state index is 12.5. The number of ether oxygens (including phenoxy) is 1. The minimum absolute atomic E-state index is 0.132. The number of aromatic nitrogens is 2. The third kappa shape index (κ3) is 2.98. The summed E-state index contributed by atoms with van der Waals surface area (Å²) in [5.41, 5.74) is 0.296. The number of morpholine rings is 1. The number of aryl methyl sites for hydroxylation is 1. The van der Waals surface area contributed by atoms with Gasteiger partial charge in [-0.05, 0) is 18.4 Å². The van der Waals surface area contributed by atoms with Gasteiger partial charge in [0.1, 0.15) is 16.1 Å². The van der Waals surface area contributed by atoms with Gasteiger partial charge in [0.2, 0.25) is 0 Å². The van der Waals surface area contributed by atoms with Crippen LogP contribution < -0.4 is 5.56 Å². The third-order valence-corrected chi connectivity index (χ3v) is 6.55. The van der Waals surface area contributed by atoms with Crippen molar-refractivity contribution in [2.75, 3.05) is 19.7 Å². The van der Waals surface area contributed by atoms with Crippen molar-refractivity contribution in [3.8, 4) is 0 Å². The van der Waals surface area contributed by atoms with Crippen molar-refractivity contribution >= 4 is 21.4 Å². The van der Waals surface area contributed by atoms with Gasteiger partial charge in [-0.25, -0.2) is 13.4 Å². The topological polar surface area (TPSA) is 92.4 Å². The molecule has 3 rings (SSSR count). The first-order chi connectivity index (χ1) is 10.5. The van der Waals surface area contributed by atoms with Crippen molar-refractivity contribution < 1.29 is 13.2 Å². The minimum Gasteiger partial charge on any atom is -0.368 e. The SMILES string of the molecule is Cc1cc(=O)[nH]c(C2CN(S(=O)(=O)c3cccs3)CCO2)n1. The van der Waals surface area contributed by atoms with Crippen LogP contribution in [0.5, 0.6) is 0 Å². The zero-order chi connectivity index (χ0) is 15.7. The molecule has 0 radical (unpaired) electrons. The van der Waals surface area contributed by atoms with Crippen LogP contribution in [-0.2, 0) is 14.8 Å². The molecule has 0 saturated carbocycles. The first-order valence-corrected chi connectivity index (χ1v) is 9.02. The molecule has 1 aliphatic rings. The second kappa shape index (κ2) is 5.92. The lowest BCUT2D eigenvalue weighted by molar-refractivity contribution is -0.00768. The van der Waals surface area contributed by atoms with E-state index in [-0.39, 0.29) is 25.3 Å². The number of hydrogen-bond acceptors (Lipinski definition) is 6. The van der Waals surface area contributed by atoms with Gasteiger partial charge in [-0.2, -0.15) is 4.31 Å². The predicted octanol–water partition coefficient (Wildman–Crippen LogP) is 0.902. The summed E-state index contributed by atoms with van der Waals surface area (Å²) in [6.07, 6.45) is -0.573. The summed E-state index contributed by atoms with van der Waals surface area (Å²) >= 11 is 1.18. The van der Waals surface area contributed by atoms with Gasteiger partial charge < -0.3 is 9.72 Å². The van der Waals surface area contributed by atoms with E-state index in [1.165, 1.54) is 21.7 Å². The predicted molar refractivity (Wildman–Crippen MR) is 81.4 cm³/mol. The molecule has 118 valence electrons. The molecule has 7 nitrogen and oxygen atoms in total. The zero-order valence-electron chi connectivity index (χ0n) is 11.9. The summed E-state index contributed by atoms with van der Waals surface area (Å²) < 4.78 is 32.4. The van der Waals surface area contributed by atoms with Crippen LogP contribution in [0, 0.1) is 6.92 Å². The van der Waals surface area contributed by atoms with Crippen LogP contribution >= 0.6 is 11.3 Å². The molecule has 2 aromatic rings. The van der Waals surface area contributed by atoms with Gasteiger partial charge in [-0.1, -0.05) is 6.07 Å². The number of rotatable bonds is 3. The first-order valence-electron chi connectivity index (χ1n) is 6.70. The fourth-order valence-electron chi connectivity index (χ4n) is 2.30. The van der Waals surface area contributed by atoms with E-state index < -0.39 is 16.1 Å². The summed E-state index contributed by atoms with van der Waals surface area (Å²) in [4.78, 5) is 18.4. The highest BCUT2D eigenvalue weighted by molar-refractivity contribution is 7.91. The highest BCUT2D eigenvalue weighted by atomic mass is 32.2. The number of H-pyrrole nitrogens is 1. The average molecular weight is 341 g/mol. The molecule has 1 N–H and O–H groups in total. The quantitative estimate of drug-likeness (QED) is 0.895. The molecule has 1 unspecified atom stereocenters. The molecule has 1 atom stereocenters. The summed E-state index contributed by atoms with van der Waals surface area (Å²) in [5, 5.41) is 1.73. The lowest BCUT2D eigenvalue weighted by atomic mass is 10.3. The molecule has 0 spiro atoms. The monoisotopic (exact) mass is 341 g/mol. The minimum atomic E-state index is -3.53. The van der Waals surface area contributed by atoms with E-state index in [2.05, 4.69) is 9.97 Å². The number of aromatic amines is 1. The average Bonchev–Trinajstić information content (AvgIpc) is 3.01. The van der Waals surface area contributed by atoms with Crippen molar-refractivity contribution in [3.63, 3.8) is 0 Å². The van der Waals surface area contributed by atoms with Crippen molar-refractivity contribution in [1.29, 1.82) is 0 Å². The molecule has 3 heterocycles. The van der Waals surface area contributed by atoms with Gasteiger partial charge in [0.15, 0.2) is 0 Å². The van der Waals surface area contributed by atoms with Gasteiger partial charge >= 0.3 is 0 Å². The Balaban J connectivity index is 1.87. The lowest BCUT2D eigenvalue weighted by Gasteiger charge is -2.31. The van der Waals surface area contributed by atoms with Crippen molar-refractivity contribution in [2.45, 2.75) is 17.2 Å². The van der Waals surface area contributed by atoms with Gasteiger partial charge in [0, 0.05) is 24.8 Å². The van der Waals surface area contributed by atoms with E-state index in [0.717, 1.165) is 0 Å². The Bertz CT molecular complexity index is 814. The van der Waals surface area contributed by atoms with Gasteiger partial charge in [0.25, 0.3) is 15.6 Å². The summed E-state index contributed by atoms with van der Waals surface area (Å²) in [6, 6.07) is 4.67. The molecule has 0 aliphatic carbocycles. The highest BCUT2D eigenvalue weighted by Gasteiger charge is 2.33. The Morgan fingerprint density at radius 2 is 2.32 bits per heavy atom. The summed E-state index contributed by atoms with van der Waals surface area (Å²) in [6.45, 7) is 2.38. The Morgan fingerprint density at radius 1 is 1.50 bits per heavy atom. The Hall–Kier alpha value is -1.55. The molecule has 1 fully saturated rings. The Morgan fingerprint density at radius 3 is 3.00 bits per heavy atom. The van der Waals surface area contributed by atoms with E-state index in [1.54, 1.807) is 24.4 Å². The van der Waals surface area contributed by atoms with Crippen LogP contribution in [0.2, 0.25) is 0 Å². The molecular formula is C13H15N3O4S2. The van der Waals surface area contributed by atoms with Crippen molar-refractivity contribution in [2.24, 2.45) is 0 Å². The number of sulfonamides is 1. The maximum Gasteiger partial charge on any atom is 0.252 e. The molecular weight excluding hydrogens is 326 g/mol. The Labute approximate surface area is 131 Å². The second-order valence-electron chi connectivity index (χ2n) is 4.93. The number of nitrogens with one attached hydrogen (secondary N) is 1. The van der Waals surface area contributed by atoms with Crippen LogP contribution in [0.15, 0.2) is 32.6 Å². The third-order valence-electron chi connectivity index (χ3n) is 3.31. The molecule has 22 heavy (non-hydrogen) atoms. The summed E-state index contributed by atoms with van der Waals surface area (Å²) in [5.74, 6) is 0.357. The number of nitrogens with zero attached hydrogens (tertiary/aromatic N) is 2. The standard InChI is InChI=1S/C13H15N3O4S2/c1-9-7-11(17)15-13(14-9)10-8-16(4-5-20-10)22(18,19)12-3-2-6-21-12/h2-3,6-7,10H,4-5,8H2,1H3,(H,14,15,17). The van der Waals surface area contributed by atoms with Crippen molar-refractivity contribution in [3.05, 3.63) is 45.5 Å². The molecule has 0 bridgehead atoms. The van der Waals surface area contributed by atoms with Gasteiger partial charge in [-0.3, -0.25) is 4.79 Å². The maximum absolute atomic E-state index is 12.5. The summed E-state index contributed by atoms with van der Waals surface area (Å²) in [7, 11) is -3.53. The first kappa shape index (κ1) is 15.3. The van der Waals surface area contributed by atoms with Crippen LogP contribution in [0.4, 0.5) is 0 Å². The largest absolute Gasteiger partial charge is 0.368 e. The van der Waals surface area contributed by atoms with E-state index in [4.69, 9.17) is 4.74 Å². The normalized spacial score (nSPS) is 20.1. The van der Waals surface area contributed by atoms with E-state index in [9.17, 15) is 13.2 Å². The molecule has 1 saturated heterocycles. The van der Waals surface area contributed by atoms with Crippen molar-refractivity contribution in [1.82, 2.24) is 14.3 Å². The molecule has 0 aromatic carbocycles. The van der Waals surface area contributed by atoms with E-state index in [0.29, 0.717) is 15.7 Å². The number of thiophene rings is 1. The second-order valence-corrected chi connectivity index (χ2v) is 8.04. The molecule has 2 aromatic heterocycles.